The summed E-state index contributed by atoms with van der Waals surface area (Å²) in [6, 6.07) is 23.0. The van der Waals surface area contributed by atoms with E-state index in [-0.39, 0.29) is 0 Å². The molecule has 8 bridgehead atoms. The monoisotopic (exact) mass is 1080 g/mol. The highest BCUT2D eigenvalue weighted by Gasteiger charge is 2.28. The second kappa shape index (κ2) is 22.2. The third-order valence-electron chi connectivity index (χ3n) is 15.4. The maximum atomic E-state index is 4.29. The number of hydrogen-bond donors (Lipinski definition) is 4. The van der Waals surface area contributed by atoms with Gasteiger partial charge in [-0.25, -0.2) is 0 Å². The molecule has 10 aromatic heterocycles. The van der Waals surface area contributed by atoms with Gasteiger partial charge < -0.3 is 19.9 Å². The summed E-state index contributed by atoms with van der Waals surface area (Å²) in [6.45, 7) is 18.9. The van der Waals surface area contributed by atoms with E-state index in [4.69, 9.17) is 0 Å². The Bertz CT molecular complexity index is 3560. The summed E-state index contributed by atoms with van der Waals surface area (Å²) in [4.78, 5) is 27.7. The molecule has 11 rings (SSSR count). The Morgan fingerprint density at radius 1 is 0.392 bits per heavy atom. The van der Waals surface area contributed by atoms with Crippen molar-refractivity contribution in [2.75, 3.05) is 0 Å². The molecule has 0 aliphatic carbocycles. The summed E-state index contributed by atoms with van der Waals surface area (Å²) < 4.78 is 0. The minimum atomic E-state index is 1.01. The van der Waals surface area contributed by atoms with Crippen LogP contribution in [0.1, 0.15) is 157 Å². The summed E-state index contributed by atoms with van der Waals surface area (Å²) in [6.07, 6.45) is 18.1. The average Bonchev–Trinajstić information content (AvgIpc) is 4.26. The van der Waals surface area contributed by atoms with Gasteiger partial charge in [0.15, 0.2) is 0 Å². The minimum absolute atomic E-state index is 1.01. The quantitative estimate of drug-likeness (QED) is 0.0662. The van der Waals surface area contributed by atoms with E-state index in [1.807, 2.05) is 68.0 Å². The Morgan fingerprint density at radius 2 is 0.743 bits per heavy atom. The Hall–Kier alpha value is -5.20. The van der Waals surface area contributed by atoms with Crippen molar-refractivity contribution >= 4 is 91.3 Å². The summed E-state index contributed by atoms with van der Waals surface area (Å²) in [7, 11) is 0. The van der Waals surface area contributed by atoms with Crippen LogP contribution in [0.4, 0.5) is 0 Å². The summed E-state index contributed by atoms with van der Waals surface area (Å²) in [5.74, 6) is 0. The van der Waals surface area contributed by atoms with Crippen LogP contribution in [-0.4, -0.2) is 19.9 Å². The van der Waals surface area contributed by atoms with E-state index >= 15 is 0 Å². The van der Waals surface area contributed by atoms with Crippen molar-refractivity contribution in [3.8, 4) is 39.0 Å². The number of unbranched alkanes of at least 4 members (excludes halogenated alkanes) is 4. The molecular weight excluding hydrogens is 1020 g/mol. The summed E-state index contributed by atoms with van der Waals surface area (Å²) >= 11 is 11.2. The van der Waals surface area contributed by atoms with Crippen LogP contribution in [-0.2, 0) is 25.7 Å². The van der Waals surface area contributed by atoms with Crippen molar-refractivity contribution in [1.29, 1.82) is 0 Å². The van der Waals surface area contributed by atoms with E-state index in [1.165, 1.54) is 150 Å². The zero-order valence-electron chi connectivity index (χ0n) is 44.2. The Morgan fingerprint density at radius 3 is 1.08 bits per heavy atom. The molecule has 0 fully saturated rings. The second-order valence-electron chi connectivity index (χ2n) is 20.1. The first-order valence-corrected chi connectivity index (χ1v) is 32.1. The zero-order chi connectivity index (χ0) is 51.0. The highest BCUT2D eigenvalue weighted by molar-refractivity contribution is 7.26. The lowest BCUT2D eigenvalue weighted by molar-refractivity contribution is 0.788. The molecule has 11 heterocycles. The van der Waals surface area contributed by atoms with E-state index < -0.39 is 0 Å². The second-order valence-corrected chi connectivity index (χ2v) is 26.0. The maximum absolute atomic E-state index is 4.29. The highest BCUT2D eigenvalue weighted by Crippen LogP contribution is 2.47. The normalized spacial score (nSPS) is 12.6. The lowest BCUT2D eigenvalue weighted by Crippen LogP contribution is -2.18. The van der Waals surface area contributed by atoms with Crippen LogP contribution in [0.2, 0.25) is 0 Å². The van der Waals surface area contributed by atoms with Crippen LogP contribution in [0, 0.1) is 27.7 Å². The number of aromatic nitrogens is 4. The molecule has 10 aromatic rings. The summed E-state index contributed by atoms with van der Waals surface area (Å²) in [5.41, 5.74) is 21.0. The van der Waals surface area contributed by atoms with E-state index in [9.17, 15) is 0 Å². The predicted molar refractivity (Wildman–Crippen MR) is 327 cm³/mol. The van der Waals surface area contributed by atoms with Gasteiger partial charge in [0.25, 0.3) is 0 Å². The van der Waals surface area contributed by atoms with Crippen molar-refractivity contribution in [2.45, 2.75) is 132 Å². The van der Waals surface area contributed by atoms with Crippen LogP contribution in [0.5, 0.6) is 0 Å². The molecule has 380 valence electrons. The molecule has 1 aliphatic rings. The largest absolute Gasteiger partial charge is 0.354 e. The third kappa shape index (κ3) is 9.47. The number of nitrogens with one attached hydrogen (secondary N) is 4. The molecule has 0 saturated heterocycles. The van der Waals surface area contributed by atoms with Gasteiger partial charge in [0.2, 0.25) is 0 Å². The molecule has 4 nitrogen and oxygen atoms in total. The van der Waals surface area contributed by atoms with Crippen LogP contribution in [0.15, 0.2) is 82.2 Å². The lowest BCUT2D eigenvalue weighted by Gasteiger charge is -2.10. The van der Waals surface area contributed by atoms with E-state index in [0.717, 1.165) is 77.0 Å². The number of hydrogen-bond acceptors (Lipinski definition) is 6. The number of thiophene rings is 6. The van der Waals surface area contributed by atoms with Crippen molar-refractivity contribution in [2.24, 2.45) is 0 Å². The van der Waals surface area contributed by atoms with Gasteiger partial charge in [0, 0.05) is 73.6 Å². The van der Waals surface area contributed by atoms with E-state index in [2.05, 4.69) is 170 Å². The SMILES string of the molecule is CCCCc1c2[nH]c(c1C)C(c1cc(-c3cccs3)sc1-c1cccs1)=c1[nH]c(c(CCCC)c1C)=Cc1[nH]c(c(C)c1CCCC)C(c1cc(-c3cccs3)sc1-c1cccs1)=c1[nH]c(c(CCCC)c1C)=C2. The Kier molecular flexibility index (Phi) is 15.3. The third-order valence-corrected chi connectivity index (χ3v) is 21.9. The highest BCUT2D eigenvalue weighted by atomic mass is 32.1. The van der Waals surface area contributed by atoms with Gasteiger partial charge in [0.1, 0.15) is 0 Å². The summed E-state index contributed by atoms with van der Waals surface area (Å²) in [5, 5.41) is 13.8. The first-order chi connectivity index (χ1) is 36.2. The Balaban J connectivity index is 1.33. The molecule has 10 heteroatoms. The van der Waals surface area contributed by atoms with Gasteiger partial charge >= 0.3 is 0 Å². The minimum Gasteiger partial charge on any atom is -0.354 e. The van der Waals surface area contributed by atoms with Crippen LogP contribution >= 0.6 is 68.0 Å². The molecule has 1 aliphatic heterocycles. The molecule has 0 aromatic carbocycles. The molecular formula is C64H68N4S6. The van der Waals surface area contributed by atoms with Gasteiger partial charge in [-0.1, -0.05) is 77.6 Å². The molecule has 0 saturated carbocycles. The van der Waals surface area contributed by atoms with Crippen molar-refractivity contribution in [3.63, 3.8) is 0 Å². The fourth-order valence-corrected chi connectivity index (χ4v) is 17.0. The van der Waals surface area contributed by atoms with Gasteiger partial charge in [-0.3, -0.25) is 0 Å². The molecule has 74 heavy (non-hydrogen) atoms. The molecule has 0 spiro atoms. The fourth-order valence-electron chi connectivity index (χ4n) is 11.3. The smallest absolute Gasteiger partial charge is 0.0529 e. The number of fused-ring (bicyclic) bond motifs is 8. The average molecular weight is 1090 g/mol. The predicted octanol–water partition coefficient (Wildman–Crippen LogP) is 17.1. The first kappa shape index (κ1) is 50.9. The van der Waals surface area contributed by atoms with Crippen molar-refractivity contribution in [1.82, 2.24) is 19.9 Å². The van der Waals surface area contributed by atoms with Gasteiger partial charge in [-0.15, -0.1) is 68.0 Å². The molecule has 0 amide bonds. The van der Waals surface area contributed by atoms with Crippen molar-refractivity contribution < 1.29 is 0 Å². The van der Waals surface area contributed by atoms with Crippen LogP contribution in [0.25, 0.3) is 62.3 Å². The zero-order valence-corrected chi connectivity index (χ0v) is 49.1. The van der Waals surface area contributed by atoms with Gasteiger partial charge in [-0.05, 0) is 194 Å². The maximum Gasteiger partial charge on any atom is 0.0529 e. The topological polar surface area (TPSA) is 63.2 Å². The molecule has 0 radical (unpaired) electrons. The lowest BCUT2D eigenvalue weighted by atomic mass is 9.94. The molecule has 0 atom stereocenters. The van der Waals surface area contributed by atoms with E-state index in [0.29, 0.717) is 0 Å². The number of aromatic amines is 4. The van der Waals surface area contributed by atoms with Crippen LogP contribution in [0.3, 0.4) is 0 Å². The van der Waals surface area contributed by atoms with Gasteiger partial charge in [0.05, 0.1) is 31.8 Å². The van der Waals surface area contributed by atoms with Crippen molar-refractivity contribution in [3.05, 3.63) is 182 Å². The molecule has 0 unspecified atom stereocenters. The number of rotatable bonds is 18. The Labute approximate surface area is 461 Å². The van der Waals surface area contributed by atoms with E-state index in [1.54, 1.807) is 0 Å². The first-order valence-electron chi connectivity index (χ1n) is 26.9. The van der Waals surface area contributed by atoms with Crippen LogP contribution < -0.4 is 21.4 Å². The standard InChI is InChI=1S/C64H68N4S6/c1-9-13-21-41-37(5)59-57(45-33-55(51-25-17-29-69-51)73-63(45)53-27-19-31-71-53)60-39(7)43(23-15-11-3)49(67-60)36-50-44(24-16-12-4)40(8)62(68-50)58(61-38(6)42(22-14-10-2)48(66-61)35-47(41)65-59)46-34-56(52-26-18-30-70-52)74-64(46)54-28-20-32-72-54/h17-20,25-36,65-68H,9-16,21-24H2,1-8H3. The number of H-pyrrole nitrogens is 4. The van der Waals surface area contributed by atoms with Gasteiger partial charge in [-0.2, -0.15) is 0 Å². The fraction of sp³-hybridized carbons (Fsp3) is 0.312. The molecule has 4 N–H and O–H groups in total.